The molecule has 1 rings (SSSR count). The summed E-state index contributed by atoms with van der Waals surface area (Å²) in [5.74, 6) is -0.904. The van der Waals surface area contributed by atoms with Gasteiger partial charge in [0, 0.05) is 11.3 Å². The van der Waals surface area contributed by atoms with Gasteiger partial charge < -0.3 is 5.73 Å². The summed E-state index contributed by atoms with van der Waals surface area (Å²) < 4.78 is 12.8. The van der Waals surface area contributed by atoms with E-state index in [0.29, 0.717) is 0 Å². The molecule has 4 heteroatoms. The molecule has 0 aliphatic heterocycles. The number of nitrogen functional groups attached to an aromatic ring is 1. The van der Waals surface area contributed by atoms with Crippen molar-refractivity contribution in [2.45, 2.75) is 6.92 Å². The van der Waals surface area contributed by atoms with Crippen LogP contribution in [0.5, 0.6) is 0 Å². The topological polar surface area (TPSA) is 43.1 Å². The Kier molecular flexibility index (Phi) is 2.33. The van der Waals surface area contributed by atoms with E-state index in [9.17, 15) is 9.18 Å². The quantitative estimate of drug-likeness (QED) is 0.541. The molecule has 0 fully saturated rings. The fraction of sp³-hybridized carbons (Fsp3) is 0.125. The molecule has 2 nitrogen and oxygen atoms in total. The lowest BCUT2D eigenvalue weighted by atomic mass is 10.1. The average molecular weight is 188 g/mol. The highest BCUT2D eigenvalue weighted by Crippen LogP contribution is 2.22. The van der Waals surface area contributed by atoms with E-state index >= 15 is 0 Å². The van der Waals surface area contributed by atoms with Crippen molar-refractivity contribution >= 4 is 23.1 Å². The molecule has 0 aliphatic rings. The summed E-state index contributed by atoms with van der Waals surface area (Å²) in [5.41, 5.74) is 5.79. The first kappa shape index (κ1) is 9.00. The van der Waals surface area contributed by atoms with Crippen molar-refractivity contribution in [2.24, 2.45) is 0 Å². The molecular formula is C8H7ClFNO. The zero-order valence-electron chi connectivity index (χ0n) is 6.40. The zero-order valence-corrected chi connectivity index (χ0v) is 7.15. The zero-order chi connectivity index (χ0) is 9.30. The van der Waals surface area contributed by atoms with Crippen molar-refractivity contribution < 1.29 is 9.18 Å². The van der Waals surface area contributed by atoms with Gasteiger partial charge in [-0.3, -0.25) is 4.79 Å². The van der Waals surface area contributed by atoms with Gasteiger partial charge >= 0.3 is 0 Å². The summed E-state index contributed by atoms with van der Waals surface area (Å²) in [6.07, 6.45) is 0. The van der Waals surface area contributed by atoms with E-state index in [1.54, 1.807) is 0 Å². The third kappa shape index (κ3) is 1.56. The van der Waals surface area contributed by atoms with Crippen LogP contribution in [0.25, 0.3) is 0 Å². The Balaban J connectivity index is 3.33. The summed E-state index contributed by atoms with van der Waals surface area (Å²) in [6, 6.07) is 2.27. The molecule has 64 valence electrons. The second kappa shape index (κ2) is 3.11. The smallest absolute Gasteiger partial charge is 0.161 e. The van der Waals surface area contributed by atoms with Crippen molar-refractivity contribution in [3.63, 3.8) is 0 Å². The Morgan fingerprint density at radius 2 is 2.17 bits per heavy atom. The van der Waals surface area contributed by atoms with E-state index < -0.39 is 5.82 Å². The first-order chi connectivity index (χ1) is 5.52. The molecule has 2 N–H and O–H groups in total. The molecule has 0 unspecified atom stereocenters. The molecule has 0 amide bonds. The summed E-state index contributed by atoms with van der Waals surface area (Å²) >= 11 is 5.42. The minimum atomic E-state index is -0.629. The predicted octanol–water partition coefficient (Wildman–Crippen LogP) is 2.26. The van der Waals surface area contributed by atoms with Gasteiger partial charge in [0.25, 0.3) is 0 Å². The molecule has 12 heavy (non-hydrogen) atoms. The van der Waals surface area contributed by atoms with Crippen LogP contribution >= 0.6 is 11.6 Å². The number of hydrogen-bond donors (Lipinski definition) is 1. The normalized spacial score (nSPS) is 9.92. The summed E-state index contributed by atoms with van der Waals surface area (Å²) in [5, 5.41) is -0.0718. The molecule has 0 spiro atoms. The highest BCUT2D eigenvalue weighted by atomic mass is 35.5. The fourth-order valence-electron chi connectivity index (χ4n) is 0.867. The number of rotatable bonds is 1. The van der Waals surface area contributed by atoms with E-state index in [0.717, 1.165) is 6.07 Å². The highest BCUT2D eigenvalue weighted by molar-refractivity contribution is 6.31. The van der Waals surface area contributed by atoms with Crippen LogP contribution in [0, 0.1) is 5.82 Å². The van der Waals surface area contributed by atoms with Crippen molar-refractivity contribution in [3.8, 4) is 0 Å². The molecule has 0 heterocycles. The van der Waals surface area contributed by atoms with Gasteiger partial charge in [-0.25, -0.2) is 4.39 Å². The molecule has 1 aromatic rings. The number of carbonyl (C=O) groups is 1. The lowest BCUT2D eigenvalue weighted by molar-refractivity contribution is 0.101. The van der Waals surface area contributed by atoms with E-state index in [1.165, 1.54) is 13.0 Å². The van der Waals surface area contributed by atoms with Gasteiger partial charge in [-0.1, -0.05) is 11.6 Å². The summed E-state index contributed by atoms with van der Waals surface area (Å²) in [4.78, 5) is 10.8. The number of carbonyl (C=O) groups excluding carboxylic acids is 1. The number of benzene rings is 1. The molecular weight excluding hydrogens is 181 g/mol. The van der Waals surface area contributed by atoms with E-state index in [-0.39, 0.29) is 22.1 Å². The first-order valence-electron chi connectivity index (χ1n) is 3.28. The van der Waals surface area contributed by atoms with Crippen molar-refractivity contribution in [2.75, 3.05) is 5.73 Å². The Morgan fingerprint density at radius 1 is 1.58 bits per heavy atom. The van der Waals surface area contributed by atoms with Crippen LogP contribution < -0.4 is 5.73 Å². The van der Waals surface area contributed by atoms with Gasteiger partial charge in [-0.2, -0.15) is 0 Å². The maximum atomic E-state index is 12.8. The van der Waals surface area contributed by atoms with Gasteiger partial charge in [-0.05, 0) is 19.1 Å². The van der Waals surface area contributed by atoms with Gasteiger partial charge in [0.2, 0.25) is 0 Å². The van der Waals surface area contributed by atoms with Gasteiger partial charge in [0.15, 0.2) is 5.78 Å². The number of hydrogen-bond acceptors (Lipinski definition) is 2. The summed E-state index contributed by atoms with van der Waals surface area (Å²) in [7, 11) is 0. The molecule has 0 radical (unpaired) electrons. The minimum absolute atomic E-state index is 0.0718. The van der Waals surface area contributed by atoms with Crippen LogP contribution in [0.4, 0.5) is 10.1 Å². The lowest BCUT2D eigenvalue weighted by Crippen LogP contribution is -2.00. The van der Waals surface area contributed by atoms with Crippen molar-refractivity contribution in [3.05, 3.63) is 28.5 Å². The van der Waals surface area contributed by atoms with E-state index in [2.05, 4.69) is 0 Å². The maximum Gasteiger partial charge on any atom is 0.161 e. The van der Waals surface area contributed by atoms with Crippen LogP contribution in [-0.4, -0.2) is 5.78 Å². The lowest BCUT2D eigenvalue weighted by Gasteiger charge is -2.02. The van der Waals surface area contributed by atoms with Gasteiger partial charge in [-0.15, -0.1) is 0 Å². The van der Waals surface area contributed by atoms with Crippen LogP contribution in [0.1, 0.15) is 17.3 Å². The SMILES string of the molecule is CC(=O)c1cc(F)c(Cl)cc1N. The fourth-order valence-corrected chi connectivity index (χ4v) is 1.04. The third-order valence-electron chi connectivity index (χ3n) is 1.47. The molecule has 1 aromatic carbocycles. The maximum absolute atomic E-state index is 12.8. The first-order valence-corrected chi connectivity index (χ1v) is 3.65. The Bertz CT molecular complexity index is 338. The number of halogens is 2. The predicted molar refractivity (Wildman–Crippen MR) is 45.8 cm³/mol. The largest absolute Gasteiger partial charge is 0.398 e. The number of Topliss-reactive ketones (excluding diaryl/α,β-unsaturated/α-hetero) is 1. The Morgan fingerprint density at radius 3 is 2.67 bits per heavy atom. The molecule has 0 aliphatic carbocycles. The Hall–Kier alpha value is -1.09. The number of anilines is 1. The molecule has 0 saturated carbocycles. The van der Waals surface area contributed by atoms with E-state index in [4.69, 9.17) is 17.3 Å². The van der Waals surface area contributed by atoms with Crippen LogP contribution in [0.15, 0.2) is 12.1 Å². The molecule has 0 atom stereocenters. The monoisotopic (exact) mass is 187 g/mol. The molecule has 0 bridgehead atoms. The molecule has 0 saturated heterocycles. The number of ketones is 1. The number of nitrogens with two attached hydrogens (primary N) is 1. The second-order valence-electron chi connectivity index (χ2n) is 2.41. The third-order valence-corrected chi connectivity index (χ3v) is 1.76. The Labute approximate surface area is 74.1 Å². The van der Waals surface area contributed by atoms with E-state index in [1.807, 2.05) is 0 Å². The highest BCUT2D eigenvalue weighted by Gasteiger charge is 2.09. The van der Waals surface area contributed by atoms with Crippen LogP contribution in [-0.2, 0) is 0 Å². The average Bonchev–Trinajstić information content (AvgIpc) is 1.96. The standard InChI is InChI=1S/C8H7ClFNO/c1-4(12)5-2-7(10)6(9)3-8(5)11/h2-3H,11H2,1H3. The summed E-state index contributed by atoms with van der Waals surface area (Å²) in [6.45, 7) is 1.32. The minimum Gasteiger partial charge on any atom is -0.398 e. The van der Waals surface area contributed by atoms with Gasteiger partial charge in [0.1, 0.15) is 5.82 Å². The molecule has 0 aromatic heterocycles. The van der Waals surface area contributed by atoms with Crippen molar-refractivity contribution in [1.82, 2.24) is 0 Å². The second-order valence-corrected chi connectivity index (χ2v) is 2.82. The van der Waals surface area contributed by atoms with Crippen LogP contribution in [0.2, 0.25) is 5.02 Å². The van der Waals surface area contributed by atoms with Gasteiger partial charge in [0.05, 0.1) is 5.02 Å². The van der Waals surface area contributed by atoms with Crippen LogP contribution in [0.3, 0.4) is 0 Å². The van der Waals surface area contributed by atoms with Crippen molar-refractivity contribution in [1.29, 1.82) is 0 Å².